The highest BCUT2D eigenvalue weighted by Gasteiger charge is 2.07. The molecule has 2 aromatic carbocycles. The van der Waals surface area contributed by atoms with E-state index < -0.39 is 0 Å². The average Bonchev–Trinajstić information content (AvgIpc) is 3.04. The summed E-state index contributed by atoms with van der Waals surface area (Å²) >= 11 is 8.78. The summed E-state index contributed by atoms with van der Waals surface area (Å²) in [5, 5.41) is 11.4. The molecule has 0 saturated heterocycles. The van der Waals surface area contributed by atoms with Crippen LogP contribution in [0.1, 0.15) is 24.7 Å². The number of hydrogen-bond acceptors (Lipinski definition) is 5. The Morgan fingerprint density at radius 2 is 2.04 bits per heavy atom. The molecule has 8 heteroatoms. The van der Waals surface area contributed by atoms with Crippen LogP contribution in [0.5, 0.6) is 11.5 Å². The first-order valence-electron chi connectivity index (χ1n) is 8.48. The Bertz CT molecular complexity index is 969. The van der Waals surface area contributed by atoms with Crippen LogP contribution >= 0.6 is 28.1 Å². The molecule has 1 heterocycles. The van der Waals surface area contributed by atoms with E-state index in [4.69, 9.17) is 21.7 Å². The predicted octanol–water partition coefficient (Wildman–Crippen LogP) is 4.95. The Balaban J connectivity index is 1.72. The number of para-hydroxylation sites is 1. The number of rotatable bonds is 8. The molecule has 0 amide bonds. The van der Waals surface area contributed by atoms with Crippen molar-refractivity contribution in [1.29, 1.82) is 0 Å². The van der Waals surface area contributed by atoms with Crippen molar-refractivity contribution in [2.75, 3.05) is 6.61 Å². The van der Waals surface area contributed by atoms with Gasteiger partial charge in [-0.25, -0.2) is 5.10 Å². The van der Waals surface area contributed by atoms with Crippen LogP contribution in [0, 0.1) is 4.77 Å². The van der Waals surface area contributed by atoms with Crippen LogP contribution in [0.3, 0.4) is 0 Å². The number of benzene rings is 2. The molecule has 1 N–H and O–H groups in total. The molecular weight excluding hydrogens is 428 g/mol. The van der Waals surface area contributed by atoms with Gasteiger partial charge in [0.2, 0.25) is 4.77 Å². The number of aromatic amines is 1. The molecule has 6 nitrogen and oxygen atoms in total. The van der Waals surface area contributed by atoms with E-state index in [0.717, 1.165) is 28.0 Å². The van der Waals surface area contributed by atoms with Gasteiger partial charge in [-0.15, -0.1) is 0 Å². The van der Waals surface area contributed by atoms with Crippen LogP contribution in [0.4, 0.5) is 0 Å². The first kappa shape index (κ1) is 19.3. The molecule has 0 fully saturated rings. The molecule has 3 aromatic rings. The highest BCUT2D eigenvalue weighted by atomic mass is 79.9. The smallest absolute Gasteiger partial charge is 0.216 e. The Morgan fingerprint density at radius 3 is 2.78 bits per heavy atom. The number of nitrogens with one attached hydrogen (secondary N) is 1. The normalized spacial score (nSPS) is 11.0. The summed E-state index contributed by atoms with van der Waals surface area (Å²) < 4.78 is 14.2. The van der Waals surface area contributed by atoms with Crippen LogP contribution in [0.2, 0.25) is 0 Å². The van der Waals surface area contributed by atoms with Crippen molar-refractivity contribution in [2.24, 2.45) is 5.10 Å². The van der Waals surface area contributed by atoms with Crippen molar-refractivity contribution < 1.29 is 9.47 Å². The maximum atomic E-state index is 5.72. The zero-order chi connectivity index (χ0) is 19.1. The largest absolute Gasteiger partial charge is 0.492 e. The van der Waals surface area contributed by atoms with E-state index in [0.29, 0.717) is 17.2 Å². The van der Waals surface area contributed by atoms with E-state index in [-0.39, 0.29) is 6.61 Å². The lowest BCUT2D eigenvalue weighted by atomic mass is 10.2. The van der Waals surface area contributed by atoms with Crippen LogP contribution < -0.4 is 9.47 Å². The van der Waals surface area contributed by atoms with Crippen LogP contribution in [-0.2, 0) is 6.61 Å². The van der Waals surface area contributed by atoms with Gasteiger partial charge in [0.05, 0.1) is 17.3 Å². The molecule has 0 spiro atoms. The molecule has 0 unspecified atom stereocenters. The van der Waals surface area contributed by atoms with E-state index >= 15 is 0 Å². The molecule has 0 bridgehead atoms. The number of halogens is 1. The summed E-state index contributed by atoms with van der Waals surface area (Å²) in [4.78, 5) is 0. The Morgan fingerprint density at radius 1 is 1.22 bits per heavy atom. The molecule has 1 aromatic heterocycles. The zero-order valence-corrected chi connectivity index (χ0v) is 17.2. The number of nitrogens with zero attached hydrogens (tertiary/aromatic N) is 3. The second-order valence-corrected chi connectivity index (χ2v) is 6.88. The Labute approximate surface area is 171 Å². The Kier molecular flexibility index (Phi) is 6.78. The lowest BCUT2D eigenvalue weighted by molar-refractivity contribution is 0.290. The molecule has 0 aliphatic heterocycles. The summed E-state index contributed by atoms with van der Waals surface area (Å²) in [6.07, 6.45) is 2.67. The minimum Gasteiger partial charge on any atom is -0.492 e. The number of H-pyrrole nitrogens is 1. The van der Waals surface area contributed by atoms with Gasteiger partial charge in [-0.2, -0.15) is 14.9 Å². The Hall–Kier alpha value is -2.45. The lowest BCUT2D eigenvalue weighted by Gasteiger charge is -2.07. The van der Waals surface area contributed by atoms with Gasteiger partial charge in [0.1, 0.15) is 18.1 Å². The monoisotopic (exact) mass is 446 g/mol. The van der Waals surface area contributed by atoms with Crippen molar-refractivity contribution in [3.05, 3.63) is 69.2 Å². The predicted molar refractivity (Wildman–Crippen MR) is 111 cm³/mol. The fourth-order valence-corrected chi connectivity index (χ4v) is 2.96. The van der Waals surface area contributed by atoms with Crippen LogP contribution in [0.25, 0.3) is 0 Å². The standard InChI is InChI=1S/C19H19BrN4O2S/c1-2-10-25-17-9-8-14(11-16(17)20)12-21-24-18(22-23-19(24)27)13-26-15-6-4-3-5-7-15/h3-9,11-12H,2,10,13H2,1H3,(H,23,27)/b21-12-. The summed E-state index contributed by atoms with van der Waals surface area (Å²) in [6, 6.07) is 15.3. The second kappa shape index (κ2) is 9.48. The van der Waals surface area contributed by atoms with Gasteiger partial charge in [0.15, 0.2) is 5.82 Å². The molecule has 3 rings (SSSR count). The number of ether oxygens (including phenoxy) is 2. The molecule has 0 radical (unpaired) electrons. The quantitative estimate of drug-likeness (QED) is 0.392. The third kappa shape index (κ3) is 5.27. The van der Waals surface area contributed by atoms with Gasteiger partial charge < -0.3 is 9.47 Å². The SMILES string of the molecule is CCCOc1ccc(/C=N\n2c(COc3ccccc3)n[nH]c2=S)cc1Br. The number of aromatic nitrogens is 3. The molecular formula is C19H19BrN4O2S. The van der Waals surface area contributed by atoms with Gasteiger partial charge in [0.25, 0.3) is 0 Å². The maximum absolute atomic E-state index is 5.72. The molecule has 0 aliphatic rings. The maximum Gasteiger partial charge on any atom is 0.216 e. The van der Waals surface area contributed by atoms with Crippen molar-refractivity contribution in [3.63, 3.8) is 0 Å². The van der Waals surface area contributed by atoms with Gasteiger partial charge >= 0.3 is 0 Å². The van der Waals surface area contributed by atoms with Crippen LogP contribution in [-0.4, -0.2) is 27.7 Å². The molecule has 0 aliphatic carbocycles. The van der Waals surface area contributed by atoms with Crippen molar-refractivity contribution in [1.82, 2.24) is 14.9 Å². The highest BCUT2D eigenvalue weighted by Crippen LogP contribution is 2.25. The third-order valence-electron chi connectivity index (χ3n) is 3.57. The molecule has 0 atom stereocenters. The summed E-state index contributed by atoms with van der Waals surface area (Å²) in [5.41, 5.74) is 0.906. The average molecular weight is 447 g/mol. The molecule has 0 saturated carbocycles. The summed E-state index contributed by atoms with van der Waals surface area (Å²) in [5.74, 6) is 2.15. The second-order valence-electron chi connectivity index (χ2n) is 5.64. The van der Waals surface area contributed by atoms with Gasteiger partial charge in [-0.05, 0) is 70.5 Å². The van der Waals surface area contributed by atoms with Crippen molar-refractivity contribution in [2.45, 2.75) is 20.0 Å². The summed E-state index contributed by atoms with van der Waals surface area (Å²) in [6.45, 7) is 3.01. The number of hydrogen-bond donors (Lipinski definition) is 1. The minimum absolute atomic E-state index is 0.252. The van der Waals surface area contributed by atoms with Crippen LogP contribution in [0.15, 0.2) is 58.1 Å². The minimum atomic E-state index is 0.252. The van der Waals surface area contributed by atoms with E-state index in [1.807, 2.05) is 48.5 Å². The zero-order valence-electron chi connectivity index (χ0n) is 14.8. The topological polar surface area (TPSA) is 64.4 Å². The van der Waals surface area contributed by atoms with Crippen molar-refractivity contribution in [3.8, 4) is 11.5 Å². The fraction of sp³-hybridized carbons (Fsp3) is 0.211. The lowest BCUT2D eigenvalue weighted by Crippen LogP contribution is -2.04. The van der Waals surface area contributed by atoms with E-state index in [1.165, 1.54) is 0 Å². The van der Waals surface area contributed by atoms with Gasteiger partial charge in [0, 0.05) is 0 Å². The highest BCUT2D eigenvalue weighted by molar-refractivity contribution is 9.10. The first-order valence-corrected chi connectivity index (χ1v) is 9.68. The van der Waals surface area contributed by atoms with Gasteiger partial charge in [-0.1, -0.05) is 25.1 Å². The van der Waals surface area contributed by atoms with E-state index in [2.05, 4.69) is 38.2 Å². The van der Waals surface area contributed by atoms with E-state index in [9.17, 15) is 0 Å². The molecule has 27 heavy (non-hydrogen) atoms. The fourth-order valence-electron chi connectivity index (χ4n) is 2.25. The summed E-state index contributed by atoms with van der Waals surface area (Å²) in [7, 11) is 0. The molecule has 140 valence electrons. The third-order valence-corrected chi connectivity index (χ3v) is 4.45. The first-order chi connectivity index (χ1) is 13.2. The van der Waals surface area contributed by atoms with Gasteiger partial charge in [-0.3, -0.25) is 0 Å². The van der Waals surface area contributed by atoms with Crippen molar-refractivity contribution >= 4 is 34.4 Å². The van der Waals surface area contributed by atoms with E-state index in [1.54, 1.807) is 10.9 Å².